The van der Waals surface area contributed by atoms with E-state index >= 15 is 0 Å². The highest BCUT2D eigenvalue weighted by molar-refractivity contribution is 5.99. The molecule has 14 nitrogen and oxygen atoms in total. The van der Waals surface area contributed by atoms with Crippen LogP contribution in [0.1, 0.15) is 38.1 Å². The Hall–Kier alpha value is -4.85. The van der Waals surface area contributed by atoms with E-state index in [2.05, 4.69) is 0 Å². The van der Waals surface area contributed by atoms with Gasteiger partial charge < -0.3 is 43.0 Å². The Labute approximate surface area is 246 Å². The molecule has 0 aliphatic carbocycles. The van der Waals surface area contributed by atoms with Gasteiger partial charge in [0.1, 0.15) is 35.7 Å². The molecule has 0 saturated carbocycles. The molecular formula is C29H32O14. The molecule has 0 bridgehead atoms. The predicted molar refractivity (Wildman–Crippen MR) is 144 cm³/mol. The van der Waals surface area contributed by atoms with Crippen molar-refractivity contribution in [2.24, 2.45) is 0 Å². The number of phenolic OH excluding ortho intramolecular Hbond substituents is 1. The fraction of sp³-hybridized carbons (Fsp3) is 0.414. The van der Waals surface area contributed by atoms with Crippen molar-refractivity contribution in [1.29, 1.82) is 0 Å². The number of rotatable bonds is 12. The first-order valence-corrected chi connectivity index (χ1v) is 13.0. The number of methoxy groups -OCH3 is 1. The maximum atomic E-state index is 12.7. The summed E-state index contributed by atoms with van der Waals surface area (Å²) in [6.45, 7) is 3.62. The molecular weight excluding hydrogens is 572 g/mol. The number of hydrogen-bond acceptors (Lipinski definition) is 14. The Balaban J connectivity index is 1.84. The van der Waals surface area contributed by atoms with Crippen molar-refractivity contribution >= 4 is 29.7 Å². The van der Waals surface area contributed by atoms with Crippen molar-refractivity contribution in [3.63, 3.8) is 0 Å². The van der Waals surface area contributed by atoms with Gasteiger partial charge in [-0.05, 0) is 36.4 Å². The summed E-state index contributed by atoms with van der Waals surface area (Å²) >= 11 is 0. The van der Waals surface area contributed by atoms with Crippen LogP contribution < -0.4 is 14.2 Å². The summed E-state index contributed by atoms with van der Waals surface area (Å²) < 4.78 is 43.4. The molecule has 43 heavy (non-hydrogen) atoms. The van der Waals surface area contributed by atoms with Gasteiger partial charge in [-0.3, -0.25) is 24.0 Å². The minimum atomic E-state index is -1.51. The van der Waals surface area contributed by atoms with Crippen LogP contribution in [0.3, 0.4) is 0 Å². The highest BCUT2D eigenvalue weighted by atomic mass is 16.7. The zero-order chi connectivity index (χ0) is 31.7. The van der Waals surface area contributed by atoms with Gasteiger partial charge in [0.2, 0.25) is 18.2 Å². The summed E-state index contributed by atoms with van der Waals surface area (Å²) in [7, 11) is 1.52. The molecule has 0 radical (unpaired) electrons. The Bertz CT molecular complexity index is 1320. The monoisotopic (exact) mass is 604 g/mol. The van der Waals surface area contributed by atoms with Crippen LogP contribution in [0.4, 0.5) is 0 Å². The maximum Gasteiger partial charge on any atom is 0.303 e. The molecule has 1 saturated heterocycles. The van der Waals surface area contributed by atoms with E-state index in [-0.39, 0.29) is 17.9 Å². The molecule has 1 aliphatic heterocycles. The van der Waals surface area contributed by atoms with Gasteiger partial charge in [0.05, 0.1) is 12.7 Å². The standard InChI is InChI=1S/C29H32O14/c1-15(30)37-14-25-26(39-16(2)31)27(40-17(3)32)28(41-18(4)33)29(43-25)42-21-10-11-22(23(34)12-21)24(35)13-38-20-8-6-19(36-5)7-9-20/h6-12,25-29,34H,13-14H2,1-5H3/t25-,26-,27+,28-,29-/m1/s1. The normalized spacial score (nSPS) is 21.1. The van der Waals surface area contributed by atoms with Gasteiger partial charge in [-0.25, -0.2) is 0 Å². The van der Waals surface area contributed by atoms with E-state index < -0.39 is 72.7 Å². The SMILES string of the molecule is COc1ccc(OCC(=O)c2ccc(O[C@@H]3O[C@H](COC(C)=O)[C@@H](OC(C)=O)[C@H](OC(C)=O)[C@H]3OC(C)=O)cc2O)cc1. The van der Waals surface area contributed by atoms with Gasteiger partial charge in [-0.15, -0.1) is 0 Å². The van der Waals surface area contributed by atoms with E-state index in [9.17, 15) is 29.1 Å². The molecule has 14 heteroatoms. The van der Waals surface area contributed by atoms with Crippen LogP contribution in [-0.2, 0) is 42.9 Å². The molecule has 1 fully saturated rings. The topological polar surface area (TPSA) is 179 Å². The first kappa shape index (κ1) is 32.7. The number of Topliss-reactive ketones (excluding diaryl/α,β-unsaturated/α-hetero) is 1. The van der Waals surface area contributed by atoms with Crippen molar-refractivity contribution in [1.82, 2.24) is 0 Å². The third kappa shape index (κ3) is 9.33. The van der Waals surface area contributed by atoms with Crippen molar-refractivity contribution in [3.8, 4) is 23.0 Å². The lowest BCUT2D eigenvalue weighted by atomic mass is 9.98. The molecule has 1 N–H and O–H groups in total. The van der Waals surface area contributed by atoms with E-state index in [4.69, 9.17) is 37.9 Å². The minimum Gasteiger partial charge on any atom is -0.507 e. The number of hydrogen-bond donors (Lipinski definition) is 1. The Morgan fingerprint density at radius 2 is 1.30 bits per heavy atom. The summed E-state index contributed by atoms with van der Waals surface area (Å²) in [5, 5.41) is 10.6. The number of carbonyl (C=O) groups is 5. The van der Waals surface area contributed by atoms with Crippen LogP contribution in [-0.4, -0.2) is 85.8 Å². The molecule has 1 aliphatic rings. The van der Waals surface area contributed by atoms with Crippen molar-refractivity contribution < 1.29 is 67.0 Å². The number of ketones is 1. The fourth-order valence-electron chi connectivity index (χ4n) is 4.14. The molecule has 0 unspecified atom stereocenters. The molecule has 2 aromatic carbocycles. The van der Waals surface area contributed by atoms with Gasteiger partial charge in [0.25, 0.3) is 0 Å². The Kier molecular flexibility index (Phi) is 11.3. The summed E-state index contributed by atoms with van der Waals surface area (Å²) in [4.78, 5) is 60.0. The van der Waals surface area contributed by atoms with Crippen LogP contribution in [0.15, 0.2) is 42.5 Å². The van der Waals surface area contributed by atoms with Crippen molar-refractivity contribution in [2.45, 2.75) is 58.4 Å². The Morgan fingerprint density at radius 1 is 0.744 bits per heavy atom. The Morgan fingerprint density at radius 3 is 1.86 bits per heavy atom. The van der Waals surface area contributed by atoms with Gasteiger partial charge >= 0.3 is 23.9 Å². The number of esters is 4. The van der Waals surface area contributed by atoms with E-state index in [1.54, 1.807) is 24.3 Å². The largest absolute Gasteiger partial charge is 0.507 e. The number of ether oxygens (including phenoxy) is 8. The van der Waals surface area contributed by atoms with Crippen molar-refractivity contribution in [3.05, 3.63) is 48.0 Å². The molecule has 232 valence electrons. The fourth-order valence-corrected chi connectivity index (χ4v) is 4.14. The molecule has 0 amide bonds. The molecule has 0 aromatic heterocycles. The van der Waals surface area contributed by atoms with Gasteiger partial charge in [-0.2, -0.15) is 0 Å². The number of carbonyl (C=O) groups excluding carboxylic acids is 5. The van der Waals surface area contributed by atoms with Gasteiger partial charge in [-0.1, -0.05) is 0 Å². The van der Waals surface area contributed by atoms with Crippen LogP contribution in [0.25, 0.3) is 0 Å². The quantitative estimate of drug-likeness (QED) is 0.211. The average Bonchev–Trinajstić information content (AvgIpc) is 2.93. The summed E-state index contributed by atoms with van der Waals surface area (Å²) in [5.41, 5.74) is -0.0672. The van der Waals surface area contributed by atoms with Gasteiger partial charge in [0.15, 0.2) is 18.8 Å². The second-order valence-corrected chi connectivity index (χ2v) is 9.25. The number of phenols is 1. The number of benzene rings is 2. The van der Waals surface area contributed by atoms with E-state index in [1.807, 2.05) is 0 Å². The van der Waals surface area contributed by atoms with Gasteiger partial charge in [0, 0.05) is 33.8 Å². The van der Waals surface area contributed by atoms with Crippen molar-refractivity contribution in [2.75, 3.05) is 20.3 Å². The molecule has 2 aromatic rings. The first-order chi connectivity index (χ1) is 20.4. The molecule has 0 spiro atoms. The first-order valence-electron chi connectivity index (χ1n) is 13.0. The lowest BCUT2D eigenvalue weighted by Crippen LogP contribution is -2.63. The maximum absolute atomic E-state index is 12.7. The summed E-state index contributed by atoms with van der Waals surface area (Å²) in [6.07, 6.45) is -7.00. The average molecular weight is 605 g/mol. The van der Waals surface area contributed by atoms with Crippen LogP contribution in [0, 0.1) is 0 Å². The summed E-state index contributed by atoms with van der Waals surface area (Å²) in [6, 6.07) is 10.3. The highest BCUT2D eigenvalue weighted by Gasteiger charge is 2.53. The highest BCUT2D eigenvalue weighted by Crippen LogP contribution is 2.32. The van der Waals surface area contributed by atoms with E-state index in [0.717, 1.165) is 33.8 Å². The minimum absolute atomic E-state index is 0.0361. The second kappa shape index (κ2) is 14.9. The van der Waals surface area contributed by atoms with Crippen LogP contribution in [0.2, 0.25) is 0 Å². The second-order valence-electron chi connectivity index (χ2n) is 9.25. The van der Waals surface area contributed by atoms with Crippen LogP contribution >= 0.6 is 0 Å². The molecule has 3 rings (SSSR count). The molecule has 1 heterocycles. The number of aromatic hydroxyl groups is 1. The van der Waals surface area contributed by atoms with Crippen LogP contribution in [0.5, 0.6) is 23.0 Å². The van der Waals surface area contributed by atoms with E-state index in [0.29, 0.717) is 11.5 Å². The third-order valence-corrected chi connectivity index (χ3v) is 5.90. The molecule has 5 atom stereocenters. The zero-order valence-corrected chi connectivity index (χ0v) is 24.1. The zero-order valence-electron chi connectivity index (χ0n) is 24.1. The lowest BCUT2D eigenvalue weighted by Gasteiger charge is -2.43. The summed E-state index contributed by atoms with van der Waals surface area (Å²) in [5.74, 6) is -3.05. The van der Waals surface area contributed by atoms with E-state index in [1.165, 1.54) is 19.2 Å². The lowest BCUT2D eigenvalue weighted by molar-refractivity contribution is -0.288. The predicted octanol–water partition coefficient (Wildman–Crippen LogP) is 2.12. The third-order valence-electron chi connectivity index (χ3n) is 5.90. The smallest absolute Gasteiger partial charge is 0.303 e.